The van der Waals surface area contributed by atoms with Crippen LogP contribution in [0.4, 0.5) is 5.13 Å². The summed E-state index contributed by atoms with van der Waals surface area (Å²) in [4.78, 5) is 23.0. The Labute approximate surface area is 126 Å². The number of nitrogens with zero attached hydrogens (tertiary/aromatic N) is 2. The van der Waals surface area contributed by atoms with Gasteiger partial charge >= 0.3 is 0 Å². The fourth-order valence-corrected chi connectivity index (χ4v) is 3.44. The molecule has 1 amide bonds. The molecule has 0 aliphatic carbocycles. The zero-order valence-electron chi connectivity index (χ0n) is 11.1. The van der Waals surface area contributed by atoms with Crippen LogP contribution in [0, 0.1) is 0 Å². The van der Waals surface area contributed by atoms with Gasteiger partial charge in [-0.25, -0.2) is 4.98 Å². The molecular formula is C13H15ClN4OS. The molecule has 5 nitrogen and oxygen atoms in total. The standard InChI is InChI=1S/C13H15ClN4OS/c1-2-18-4-3-9-11(7-18)20-13(16-9)17-12(19)10-5-8(14)6-15-10/h5-6,15H,2-4,7H2,1H3,(H,16,17,19). The van der Waals surface area contributed by atoms with Gasteiger partial charge in [0.05, 0.1) is 10.7 Å². The van der Waals surface area contributed by atoms with Crippen molar-refractivity contribution in [2.75, 3.05) is 18.4 Å². The zero-order chi connectivity index (χ0) is 14.1. The van der Waals surface area contributed by atoms with Crippen LogP contribution in [0.15, 0.2) is 12.3 Å². The molecule has 3 rings (SSSR count). The first-order valence-electron chi connectivity index (χ1n) is 6.52. The van der Waals surface area contributed by atoms with Crippen LogP contribution in [-0.4, -0.2) is 33.9 Å². The van der Waals surface area contributed by atoms with Crippen molar-refractivity contribution in [3.05, 3.63) is 33.6 Å². The van der Waals surface area contributed by atoms with Gasteiger partial charge in [0.25, 0.3) is 5.91 Å². The van der Waals surface area contributed by atoms with Crippen LogP contribution in [0.1, 0.15) is 28.0 Å². The Morgan fingerprint density at radius 3 is 3.20 bits per heavy atom. The van der Waals surface area contributed by atoms with E-state index in [0.29, 0.717) is 15.8 Å². The Bertz CT molecular complexity index is 636. The molecule has 0 aromatic carbocycles. The van der Waals surface area contributed by atoms with E-state index in [1.54, 1.807) is 23.6 Å². The fraction of sp³-hybridized carbons (Fsp3) is 0.385. The summed E-state index contributed by atoms with van der Waals surface area (Å²) >= 11 is 7.34. The highest BCUT2D eigenvalue weighted by molar-refractivity contribution is 7.15. The predicted molar refractivity (Wildman–Crippen MR) is 80.5 cm³/mol. The summed E-state index contributed by atoms with van der Waals surface area (Å²) in [6, 6.07) is 1.60. The van der Waals surface area contributed by atoms with E-state index in [9.17, 15) is 4.79 Å². The minimum Gasteiger partial charge on any atom is -0.356 e. The first-order chi connectivity index (χ1) is 9.65. The van der Waals surface area contributed by atoms with E-state index in [1.165, 1.54) is 4.88 Å². The monoisotopic (exact) mass is 310 g/mol. The maximum atomic E-state index is 12.0. The number of hydrogen-bond donors (Lipinski definition) is 2. The predicted octanol–water partition coefficient (Wildman–Crippen LogP) is 2.75. The normalized spacial score (nSPS) is 15.1. The quantitative estimate of drug-likeness (QED) is 0.916. The van der Waals surface area contributed by atoms with Gasteiger partial charge < -0.3 is 4.98 Å². The second-order valence-electron chi connectivity index (χ2n) is 4.69. The first-order valence-corrected chi connectivity index (χ1v) is 7.71. The number of thiazole rings is 1. The van der Waals surface area contributed by atoms with Crippen molar-refractivity contribution in [1.82, 2.24) is 14.9 Å². The molecule has 0 bridgehead atoms. The number of aromatic nitrogens is 2. The second-order valence-corrected chi connectivity index (χ2v) is 6.21. The molecular weight excluding hydrogens is 296 g/mol. The summed E-state index contributed by atoms with van der Waals surface area (Å²) < 4.78 is 0. The van der Waals surface area contributed by atoms with Gasteiger partial charge in [-0.05, 0) is 12.6 Å². The fourth-order valence-electron chi connectivity index (χ4n) is 2.24. The lowest BCUT2D eigenvalue weighted by atomic mass is 10.2. The third kappa shape index (κ3) is 2.72. The highest BCUT2D eigenvalue weighted by Gasteiger charge is 2.20. The molecule has 2 N–H and O–H groups in total. The molecule has 0 spiro atoms. The molecule has 3 heterocycles. The number of carbonyl (C=O) groups is 1. The van der Waals surface area contributed by atoms with Gasteiger partial charge in [0.1, 0.15) is 5.69 Å². The van der Waals surface area contributed by atoms with Crippen molar-refractivity contribution in [2.45, 2.75) is 19.9 Å². The van der Waals surface area contributed by atoms with Crippen LogP contribution in [0.3, 0.4) is 0 Å². The maximum absolute atomic E-state index is 12.0. The smallest absolute Gasteiger partial charge is 0.273 e. The highest BCUT2D eigenvalue weighted by Crippen LogP contribution is 2.28. The molecule has 0 saturated carbocycles. The lowest BCUT2D eigenvalue weighted by Crippen LogP contribution is -2.29. The van der Waals surface area contributed by atoms with Crippen molar-refractivity contribution < 1.29 is 4.79 Å². The van der Waals surface area contributed by atoms with Crippen molar-refractivity contribution in [1.29, 1.82) is 0 Å². The number of fused-ring (bicyclic) bond motifs is 1. The molecule has 0 saturated heterocycles. The summed E-state index contributed by atoms with van der Waals surface area (Å²) in [7, 11) is 0. The molecule has 20 heavy (non-hydrogen) atoms. The Morgan fingerprint density at radius 2 is 2.50 bits per heavy atom. The van der Waals surface area contributed by atoms with E-state index in [4.69, 9.17) is 11.6 Å². The number of H-pyrrole nitrogens is 1. The van der Waals surface area contributed by atoms with Crippen LogP contribution in [0.5, 0.6) is 0 Å². The van der Waals surface area contributed by atoms with Crippen LogP contribution in [0.25, 0.3) is 0 Å². The Morgan fingerprint density at radius 1 is 1.65 bits per heavy atom. The van der Waals surface area contributed by atoms with Gasteiger partial charge in [0.2, 0.25) is 0 Å². The highest BCUT2D eigenvalue weighted by atomic mass is 35.5. The first kappa shape index (κ1) is 13.6. The number of halogens is 1. The maximum Gasteiger partial charge on any atom is 0.273 e. The van der Waals surface area contributed by atoms with E-state index in [0.717, 1.165) is 31.7 Å². The number of amides is 1. The second kappa shape index (κ2) is 5.55. The summed E-state index contributed by atoms with van der Waals surface area (Å²) in [6.45, 7) is 5.16. The van der Waals surface area contributed by atoms with Crippen LogP contribution >= 0.6 is 22.9 Å². The number of rotatable bonds is 3. The molecule has 1 aliphatic rings. The lowest BCUT2D eigenvalue weighted by Gasteiger charge is -2.23. The molecule has 106 valence electrons. The molecule has 7 heteroatoms. The third-order valence-electron chi connectivity index (χ3n) is 3.37. The molecule has 0 fully saturated rings. The number of aromatic amines is 1. The van der Waals surface area contributed by atoms with Crippen LogP contribution < -0.4 is 5.32 Å². The average Bonchev–Trinajstić information content (AvgIpc) is 3.03. The summed E-state index contributed by atoms with van der Waals surface area (Å²) in [5.74, 6) is -0.213. The van der Waals surface area contributed by atoms with Crippen molar-refractivity contribution in [2.24, 2.45) is 0 Å². The minimum atomic E-state index is -0.213. The van der Waals surface area contributed by atoms with E-state index in [-0.39, 0.29) is 5.91 Å². The summed E-state index contributed by atoms with van der Waals surface area (Å²) in [5, 5.41) is 4.00. The topological polar surface area (TPSA) is 61.0 Å². The zero-order valence-corrected chi connectivity index (χ0v) is 12.6. The van der Waals surface area contributed by atoms with Crippen molar-refractivity contribution in [3.63, 3.8) is 0 Å². The molecule has 2 aromatic heterocycles. The molecule has 1 aliphatic heterocycles. The Balaban J connectivity index is 1.73. The SMILES string of the molecule is CCN1CCc2nc(NC(=O)c3cc(Cl)c[nH]3)sc2C1. The number of hydrogen-bond acceptors (Lipinski definition) is 4. The van der Waals surface area contributed by atoms with Gasteiger partial charge in [-0.2, -0.15) is 0 Å². The largest absolute Gasteiger partial charge is 0.356 e. The Kier molecular flexibility index (Phi) is 3.78. The van der Waals surface area contributed by atoms with Gasteiger partial charge in [-0.15, -0.1) is 11.3 Å². The van der Waals surface area contributed by atoms with E-state index >= 15 is 0 Å². The van der Waals surface area contributed by atoms with Crippen molar-refractivity contribution >= 4 is 34.0 Å². The van der Waals surface area contributed by atoms with E-state index < -0.39 is 0 Å². The number of nitrogens with one attached hydrogen (secondary N) is 2. The number of likely N-dealkylation sites (N-methyl/N-ethyl adjacent to an activating group) is 1. The van der Waals surface area contributed by atoms with Gasteiger partial charge in [-0.3, -0.25) is 15.0 Å². The number of anilines is 1. The lowest BCUT2D eigenvalue weighted by molar-refractivity contribution is 0.102. The third-order valence-corrected chi connectivity index (χ3v) is 4.59. The summed E-state index contributed by atoms with van der Waals surface area (Å²) in [6.07, 6.45) is 2.53. The minimum absolute atomic E-state index is 0.213. The molecule has 2 aromatic rings. The van der Waals surface area contributed by atoms with E-state index in [2.05, 4.69) is 27.1 Å². The van der Waals surface area contributed by atoms with Gasteiger partial charge in [0.15, 0.2) is 5.13 Å². The molecule has 0 radical (unpaired) electrons. The van der Waals surface area contributed by atoms with Gasteiger partial charge in [0, 0.05) is 30.6 Å². The number of carbonyl (C=O) groups excluding carboxylic acids is 1. The molecule has 0 atom stereocenters. The summed E-state index contributed by atoms with van der Waals surface area (Å²) in [5.41, 5.74) is 1.55. The molecule has 0 unspecified atom stereocenters. The Hall–Kier alpha value is -1.37. The van der Waals surface area contributed by atoms with Crippen LogP contribution in [-0.2, 0) is 13.0 Å². The average molecular weight is 311 g/mol. The van der Waals surface area contributed by atoms with Crippen molar-refractivity contribution in [3.8, 4) is 0 Å². The van der Waals surface area contributed by atoms with Crippen LogP contribution in [0.2, 0.25) is 5.02 Å². The van der Waals surface area contributed by atoms with Gasteiger partial charge in [-0.1, -0.05) is 18.5 Å². The van der Waals surface area contributed by atoms with E-state index in [1.807, 2.05) is 0 Å².